The van der Waals surface area contributed by atoms with Gasteiger partial charge in [-0.25, -0.2) is 14.2 Å². The molecule has 1 heterocycles. The van der Waals surface area contributed by atoms with Gasteiger partial charge in [0.1, 0.15) is 24.1 Å². The molecule has 134 valence electrons. The van der Waals surface area contributed by atoms with Crippen LogP contribution < -0.4 is 0 Å². The van der Waals surface area contributed by atoms with Gasteiger partial charge in [-0.15, -0.1) is 0 Å². The van der Waals surface area contributed by atoms with Crippen LogP contribution in [0.1, 0.15) is 11.4 Å². The lowest BCUT2D eigenvalue weighted by atomic mass is 10.2. The number of rotatable bonds is 5. The van der Waals surface area contributed by atoms with Crippen LogP contribution >= 0.6 is 0 Å². The number of allylic oxidation sites excluding steroid dienone is 1. The van der Waals surface area contributed by atoms with Crippen molar-refractivity contribution in [1.29, 1.82) is 5.26 Å². The minimum absolute atomic E-state index is 0.117. The number of hydrogen-bond acceptors (Lipinski definition) is 5. The van der Waals surface area contributed by atoms with E-state index in [0.717, 1.165) is 6.08 Å². The fraction of sp³-hybridized carbons (Fsp3) is 0.0500. The molecule has 0 bridgehead atoms. The van der Waals surface area contributed by atoms with E-state index in [9.17, 15) is 19.6 Å². The van der Waals surface area contributed by atoms with E-state index < -0.39 is 24.2 Å². The summed E-state index contributed by atoms with van der Waals surface area (Å²) < 4.78 is 18.0. The number of esters is 1. The molecule has 0 radical (unpaired) electrons. The highest BCUT2D eigenvalue weighted by Crippen LogP contribution is 2.18. The number of H-pyrrole nitrogens is 1. The number of imidazole rings is 1. The van der Waals surface area contributed by atoms with Crippen molar-refractivity contribution in [3.05, 3.63) is 77.6 Å². The quantitative estimate of drug-likeness (QED) is 0.311. The van der Waals surface area contributed by atoms with Crippen molar-refractivity contribution >= 4 is 28.7 Å². The first-order valence-corrected chi connectivity index (χ1v) is 7.94. The van der Waals surface area contributed by atoms with Crippen LogP contribution in [0.25, 0.3) is 22.7 Å². The molecule has 6 nitrogen and oxygen atoms in total. The number of nitrogens with one attached hydrogen (secondary N) is 1. The predicted molar refractivity (Wildman–Crippen MR) is 97.6 cm³/mol. The van der Waals surface area contributed by atoms with Crippen LogP contribution in [0.4, 0.5) is 4.39 Å². The fourth-order valence-electron chi connectivity index (χ4n) is 2.36. The number of hydrogen-bond donors (Lipinski definition) is 2. The molecule has 0 aliphatic rings. The summed E-state index contributed by atoms with van der Waals surface area (Å²) in [6.45, 7) is -0.494. The van der Waals surface area contributed by atoms with Crippen LogP contribution in [-0.4, -0.2) is 27.7 Å². The van der Waals surface area contributed by atoms with Crippen LogP contribution in [0.2, 0.25) is 0 Å². The number of halogens is 1. The average molecular weight is 363 g/mol. The zero-order valence-corrected chi connectivity index (χ0v) is 14.0. The Bertz CT molecular complexity index is 1060. The van der Waals surface area contributed by atoms with Gasteiger partial charge >= 0.3 is 5.97 Å². The fourth-order valence-corrected chi connectivity index (χ4v) is 2.36. The molecule has 0 fully saturated rings. The lowest BCUT2D eigenvalue weighted by molar-refractivity contribution is -0.137. The number of carbonyl (C=O) groups excluding carboxylic acids is 1. The topological polar surface area (TPSA) is 99.0 Å². The molecule has 2 aromatic carbocycles. The lowest BCUT2D eigenvalue weighted by Gasteiger charge is -2.03. The summed E-state index contributed by atoms with van der Waals surface area (Å²) in [6, 6.07) is 14.7. The molecule has 1 aromatic heterocycles. The van der Waals surface area contributed by atoms with E-state index in [0.29, 0.717) is 16.6 Å². The van der Waals surface area contributed by atoms with Gasteiger partial charge in [0.05, 0.1) is 11.0 Å². The van der Waals surface area contributed by atoms with Crippen LogP contribution in [-0.2, 0) is 9.53 Å². The second-order valence-electron chi connectivity index (χ2n) is 5.53. The van der Waals surface area contributed by atoms with E-state index in [1.165, 1.54) is 24.3 Å². The van der Waals surface area contributed by atoms with Crippen molar-refractivity contribution in [2.45, 2.75) is 0 Å². The van der Waals surface area contributed by atoms with E-state index >= 15 is 0 Å². The highest BCUT2D eigenvalue weighted by Gasteiger charge is 2.14. The molecule has 0 amide bonds. The monoisotopic (exact) mass is 363 g/mol. The van der Waals surface area contributed by atoms with Crippen molar-refractivity contribution in [2.24, 2.45) is 0 Å². The molecule has 0 spiro atoms. The second kappa shape index (κ2) is 7.97. The van der Waals surface area contributed by atoms with Crippen molar-refractivity contribution < 1.29 is 19.0 Å². The summed E-state index contributed by atoms with van der Waals surface area (Å²) >= 11 is 0. The van der Waals surface area contributed by atoms with Gasteiger partial charge in [0, 0.05) is 6.08 Å². The third-order valence-electron chi connectivity index (χ3n) is 3.64. The standard InChI is InChI=1S/C20H14FN3O3/c21-14-5-3-4-13(10-14)8-9-19(26)27-12-18(25)15(11-22)20-23-16-6-1-2-7-17(16)24-20/h1-10,25H,12H2,(H,23,24)/b9-8+,18-15-. The molecule has 2 N–H and O–H groups in total. The maximum absolute atomic E-state index is 13.1. The highest BCUT2D eigenvalue weighted by molar-refractivity contribution is 5.87. The van der Waals surface area contributed by atoms with Gasteiger partial charge in [0.15, 0.2) is 11.6 Å². The van der Waals surface area contributed by atoms with Crippen molar-refractivity contribution in [3.63, 3.8) is 0 Å². The van der Waals surface area contributed by atoms with Gasteiger partial charge in [-0.05, 0) is 35.9 Å². The Balaban J connectivity index is 1.69. The summed E-state index contributed by atoms with van der Waals surface area (Å²) in [5, 5.41) is 19.4. The SMILES string of the molecule is N#C/C(=C(/O)COC(=O)/C=C/c1cccc(F)c1)c1nc2ccccc2[nH]1. The number of aromatic nitrogens is 2. The van der Waals surface area contributed by atoms with E-state index in [2.05, 4.69) is 9.97 Å². The molecular formula is C20H14FN3O3. The summed E-state index contributed by atoms with van der Waals surface area (Å²) in [4.78, 5) is 18.9. The molecule has 7 heteroatoms. The molecule has 0 aliphatic carbocycles. The summed E-state index contributed by atoms with van der Waals surface area (Å²) in [7, 11) is 0. The maximum atomic E-state index is 13.1. The van der Waals surface area contributed by atoms with Crippen LogP contribution in [0, 0.1) is 17.1 Å². The molecule has 0 unspecified atom stereocenters. The summed E-state index contributed by atoms with van der Waals surface area (Å²) in [6.07, 6.45) is 2.49. The number of nitrogens with zero attached hydrogens (tertiary/aromatic N) is 2. The van der Waals surface area contributed by atoms with Gasteiger partial charge in [0.25, 0.3) is 0 Å². The van der Waals surface area contributed by atoms with Gasteiger partial charge < -0.3 is 14.8 Å². The van der Waals surface area contributed by atoms with E-state index in [4.69, 9.17) is 4.74 Å². The maximum Gasteiger partial charge on any atom is 0.331 e. The van der Waals surface area contributed by atoms with E-state index in [1.807, 2.05) is 12.1 Å². The molecular weight excluding hydrogens is 349 g/mol. The Kier molecular flexibility index (Phi) is 5.28. The van der Waals surface area contributed by atoms with E-state index in [1.54, 1.807) is 24.3 Å². The number of para-hydroxylation sites is 2. The smallest absolute Gasteiger partial charge is 0.331 e. The van der Waals surface area contributed by atoms with Crippen LogP contribution in [0.15, 0.2) is 60.4 Å². The predicted octanol–water partition coefficient (Wildman–Crippen LogP) is 3.75. The van der Waals surface area contributed by atoms with Gasteiger partial charge in [-0.3, -0.25) is 0 Å². The Morgan fingerprint density at radius 2 is 2.11 bits per heavy atom. The Morgan fingerprint density at radius 1 is 1.30 bits per heavy atom. The molecule has 27 heavy (non-hydrogen) atoms. The number of fused-ring (bicyclic) bond motifs is 1. The van der Waals surface area contributed by atoms with Crippen LogP contribution in [0.3, 0.4) is 0 Å². The third-order valence-corrected chi connectivity index (χ3v) is 3.64. The number of aromatic amines is 1. The zero-order valence-electron chi connectivity index (χ0n) is 14.0. The number of benzene rings is 2. The minimum Gasteiger partial charge on any atom is -0.507 e. The summed E-state index contributed by atoms with van der Waals surface area (Å²) in [5.41, 5.74) is 1.73. The highest BCUT2D eigenvalue weighted by atomic mass is 19.1. The number of aliphatic hydroxyl groups excluding tert-OH is 1. The minimum atomic E-state index is -0.743. The summed E-state index contributed by atoms with van der Waals surface area (Å²) in [5.74, 6) is -1.41. The van der Waals surface area contributed by atoms with E-state index in [-0.39, 0.29) is 11.4 Å². The van der Waals surface area contributed by atoms with Gasteiger partial charge in [0.2, 0.25) is 0 Å². The average Bonchev–Trinajstić information content (AvgIpc) is 3.09. The molecule has 0 atom stereocenters. The van der Waals surface area contributed by atoms with Crippen LogP contribution in [0.5, 0.6) is 0 Å². The number of nitriles is 1. The number of aliphatic hydroxyl groups is 1. The van der Waals surface area contributed by atoms with Crippen molar-refractivity contribution in [1.82, 2.24) is 9.97 Å². The van der Waals surface area contributed by atoms with Gasteiger partial charge in [-0.2, -0.15) is 5.26 Å². The lowest BCUT2D eigenvalue weighted by Crippen LogP contribution is -2.06. The molecule has 0 saturated heterocycles. The Hall–Kier alpha value is -3.92. The molecule has 3 aromatic rings. The van der Waals surface area contributed by atoms with Gasteiger partial charge in [-0.1, -0.05) is 24.3 Å². The third kappa shape index (κ3) is 4.38. The number of carbonyl (C=O) groups is 1. The van der Waals surface area contributed by atoms with Crippen molar-refractivity contribution in [2.75, 3.05) is 6.61 Å². The Labute approximate surface area is 153 Å². The largest absolute Gasteiger partial charge is 0.507 e. The first-order valence-electron chi connectivity index (χ1n) is 7.94. The molecule has 0 aliphatic heterocycles. The first kappa shape index (κ1) is 17.9. The normalized spacial score (nSPS) is 12.0. The molecule has 0 saturated carbocycles. The molecule has 3 rings (SSSR count). The first-order chi connectivity index (χ1) is 13.1. The van der Waals surface area contributed by atoms with Crippen molar-refractivity contribution in [3.8, 4) is 6.07 Å². The number of ether oxygens (including phenoxy) is 1. The zero-order chi connectivity index (χ0) is 19.2. The Morgan fingerprint density at radius 3 is 2.85 bits per heavy atom. The second-order valence-corrected chi connectivity index (χ2v) is 5.53.